The number of primary sulfonamides is 1. The standard InChI is InChI=1S/C22H24F2N8O3S2/c1-22(2,3)20(33)31-8-6-30(7-9-31)17-15-13-5-4-12(37(25,34)35)10-14(13)32(18(15)27-11-26-17)21-29-28-19(36-21)16(23)24/h4-5,10-11,16H,6-9H2,1-3H3,(H2,25,34,35). The highest BCUT2D eigenvalue weighted by Gasteiger charge is 2.31. The van der Waals surface area contributed by atoms with Crippen molar-refractivity contribution in [3.63, 3.8) is 0 Å². The lowest BCUT2D eigenvalue weighted by molar-refractivity contribution is -0.139. The van der Waals surface area contributed by atoms with Gasteiger partial charge in [0.2, 0.25) is 21.1 Å². The van der Waals surface area contributed by atoms with Gasteiger partial charge in [-0.2, -0.15) is 0 Å². The van der Waals surface area contributed by atoms with Gasteiger partial charge in [-0.25, -0.2) is 32.3 Å². The van der Waals surface area contributed by atoms with Crippen molar-refractivity contribution < 1.29 is 22.0 Å². The molecule has 11 nitrogen and oxygen atoms in total. The summed E-state index contributed by atoms with van der Waals surface area (Å²) in [6, 6.07) is 4.33. The van der Waals surface area contributed by atoms with E-state index in [0.717, 1.165) is 0 Å². The zero-order chi connectivity index (χ0) is 26.7. The van der Waals surface area contributed by atoms with E-state index in [0.29, 0.717) is 65.3 Å². The molecule has 0 saturated carbocycles. The first-order valence-corrected chi connectivity index (χ1v) is 13.7. The fraction of sp³-hybridized carbons (Fsp3) is 0.409. The second kappa shape index (κ2) is 8.92. The lowest BCUT2D eigenvalue weighted by atomic mass is 9.94. The van der Waals surface area contributed by atoms with Gasteiger partial charge in [0.1, 0.15) is 12.1 Å². The minimum absolute atomic E-state index is 0.0678. The highest BCUT2D eigenvalue weighted by molar-refractivity contribution is 7.89. The third-order valence-electron chi connectivity index (χ3n) is 6.14. The predicted octanol–water partition coefficient (Wildman–Crippen LogP) is 2.70. The number of piperazine rings is 1. The average molecular weight is 551 g/mol. The van der Waals surface area contributed by atoms with Crippen LogP contribution in [-0.4, -0.2) is 70.1 Å². The molecule has 0 bridgehead atoms. The van der Waals surface area contributed by atoms with Gasteiger partial charge >= 0.3 is 0 Å². The van der Waals surface area contributed by atoms with E-state index in [1.807, 2.05) is 30.6 Å². The van der Waals surface area contributed by atoms with E-state index in [-0.39, 0.29) is 15.9 Å². The molecule has 1 amide bonds. The van der Waals surface area contributed by atoms with Crippen molar-refractivity contribution in [2.45, 2.75) is 32.1 Å². The Morgan fingerprint density at radius 2 is 1.81 bits per heavy atom. The van der Waals surface area contributed by atoms with Crippen LogP contribution in [0.25, 0.3) is 27.1 Å². The summed E-state index contributed by atoms with van der Waals surface area (Å²) in [5.74, 6) is 0.650. The number of aromatic nitrogens is 5. The smallest absolute Gasteiger partial charge is 0.291 e. The summed E-state index contributed by atoms with van der Waals surface area (Å²) in [4.78, 5) is 25.3. The Morgan fingerprint density at radius 3 is 2.41 bits per heavy atom. The van der Waals surface area contributed by atoms with Crippen molar-refractivity contribution in [1.82, 2.24) is 29.6 Å². The molecule has 0 aliphatic carbocycles. The third kappa shape index (κ3) is 4.51. The van der Waals surface area contributed by atoms with Gasteiger partial charge < -0.3 is 9.80 Å². The molecule has 0 radical (unpaired) electrons. The number of alkyl halides is 2. The van der Waals surface area contributed by atoms with E-state index in [1.54, 1.807) is 6.07 Å². The van der Waals surface area contributed by atoms with Crippen molar-refractivity contribution in [3.05, 3.63) is 29.5 Å². The zero-order valence-corrected chi connectivity index (χ0v) is 21.9. The molecule has 1 fully saturated rings. The maximum atomic E-state index is 13.3. The number of fused-ring (bicyclic) bond motifs is 3. The first kappa shape index (κ1) is 25.4. The minimum Gasteiger partial charge on any atom is -0.352 e. The van der Waals surface area contributed by atoms with Crippen LogP contribution in [0.5, 0.6) is 0 Å². The van der Waals surface area contributed by atoms with Crippen molar-refractivity contribution in [2.24, 2.45) is 10.6 Å². The summed E-state index contributed by atoms with van der Waals surface area (Å²) < 4.78 is 52.2. The maximum Gasteiger partial charge on any atom is 0.291 e. The molecular formula is C22H24F2N8O3S2. The second-order valence-corrected chi connectivity index (χ2v) is 12.3. The quantitative estimate of drug-likeness (QED) is 0.409. The van der Waals surface area contributed by atoms with E-state index in [1.165, 1.54) is 23.0 Å². The molecule has 15 heteroatoms. The second-order valence-electron chi connectivity index (χ2n) is 9.71. The van der Waals surface area contributed by atoms with Crippen LogP contribution >= 0.6 is 11.3 Å². The van der Waals surface area contributed by atoms with Gasteiger partial charge in [0.05, 0.1) is 15.8 Å². The molecule has 4 aromatic rings. The number of hydrogen-bond acceptors (Lipinski definition) is 9. The van der Waals surface area contributed by atoms with Crippen LogP contribution in [0.15, 0.2) is 29.4 Å². The number of amides is 1. The summed E-state index contributed by atoms with van der Waals surface area (Å²) in [5.41, 5.74) is 0.232. The first-order chi connectivity index (χ1) is 17.4. The van der Waals surface area contributed by atoms with Gasteiger partial charge in [-0.3, -0.25) is 9.36 Å². The molecular weight excluding hydrogens is 526 g/mol. The van der Waals surface area contributed by atoms with Gasteiger partial charge in [0.15, 0.2) is 10.7 Å². The number of nitrogens with zero attached hydrogens (tertiary/aromatic N) is 7. The van der Waals surface area contributed by atoms with E-state index in [4.69, 9.17) is 5.14 Å². The first-order valence-electron chi connectivity index (χ1n) is 11.3. The highest BCUT2D eigenvalue weighted by atomic mass is 32.2. The van der Waals surface area contributed by atoms with Crippen LogP contribution in [-0.2, 0) is 14.8 Å². The van der Waals surface area contributed by atoms with E-state index < -0.39 is 26.9 Å². The summed E-state index contributed by atoms with van der Waals surface area (Å²) in [6.07, 6.45) is -1.45. The van der Waals surface area contributed by atoms with Crippen LogP contribution in [0.4, 0.5) is 14.6 Å². The molecule has 5 rings (SSSR count). The Hall–Kier alpha value is -3.30. The summed E-state index contributed by atoms with van der Waals surface area (Å²) >= 11 is 0.681. The Morgan fingerprint density at radius 1 is 1.11 bits per heavy atom. The Bertz CT molecular complexity index is 1620. The Labute approximate surface area is 215 Å². The van der Waals surface area contributed by atoms with Gasteiger partial charge in [-0.1, -0.05) is 38.2 Å². The molecule has 0 spiro atoms. The van der Waals surface area contributed by atoms with Crippen LogP contribution < -0.4 is 10.0 Å². The van der Waals surface area contributed by atoms with Crippen molar-refractivity contribution in [1.29, 1.82) is 0 Å². The number of rotatable bonds is 4. The number of nitrogens with two attached hydrogens (primary N) is 1. The molecule has 1 aliphatic rings. The van der Waals surface area contributed by atoms with Gasteiger partial charge in [0, 0.05) is 37.0 Å². The Kier molecular flexibility index (Phi) is 6.11. The van der Waals surface area contributed by atoms with E-state index >= 15 is 0 Å². The molecule has 1 saturated heterocycles. The molecule has 1 aromatic carbocycles. The normalized spacial score (nSPS) is 15.3. The largest absolute Gasteiger partial charge is 0.352 e. The van der Waals surface area contributed by atoms with Gasteiger partial charge in [0.25, 0.3) is 6.43 Å². The van der Waals surface area contributed by atoms with Gasteiger partial charge in [-0.05, 0) is 12.1 Å². The lowest BCUT2D eigenvalue weighted by Crippen LogP contribution is -2.51. The van der Waals surface area contributed by atoms with Crippen LogP contribution in [0.1, 0.15) is 32.2 Å². The molecule has 3 aromatic heterocycles. The molecule has 4 heterocycles. The Balaban J connectivity index is 1.66. The third-order valence-corrected chi connectivity index (χ3v) is 7.97. The number of carbonyl (C=O) groups is 1. The number of halogens is 2. The van der Waals surface area contributed by atoms with Crippen LogP contribution in [0.3, 0.4) is 0 Å². The zero-order valence-electron chi connectivity index (χ0n) is 20.2. The lowest BCUT2D eigenvalue weighted by Gasteiger charge is -2.38. The molecule has 1 aliphatic heterocycles. The number of benzene rings is 1. The minimum atomic E-state index is -4.05. The van der Waals surface area contributed by atoms with Crippen LogP contribution in [0, 0.1) is 5.41 Å². The fourth-order valence-electron chi connectivity index (χ4n) is 4.41. The molecule has 0 unspecified atom stereocenters. The highest BCUT2D eigenvalue weighted by Crippen LogP contribution is 2.38. The fourth-order valence-corrected chi connectivity index (χ4v) is 5.66. The number of sulfonamides is 1. The number of carbonyl (C=O) groups excluding carboxylic acids is 1. The maximum absolute atomic E-state index is 13.3. The summed E-state index contributed by atoms with van der Waals surface area (Å²) in [5, 5.41) is 13.7. The van der Waals surface area contributed by atoms with E-state index in [2.05, 4.69) is 20.2 Å². The van der Waals surface area contributed by atoms with E-state index in [9.17, 15) is 22.0 Å². The molecule has 0 atom stereocenters. The predicted molar refractivity (Wildman–Crippen MR) is 134 cm³/mol. The molecule has 37 heavy (non-hydrogen) atoms. The topological polar surface area (TPSA) is 140 Å². The van der Waals surface area contributed by atoms with Crippen molar-refractivity contribution in [3.8, 4) is 5.13 Å². The summed E-state index contributed by atoms with van der Waals surface area (Å²) in [7, 11) is -4.05. The van der Waals surface area contributed by atoms with Crippen LogP contribution in [0.2, 0.25) is 0 Å². The van der Waals surface area contributed by atoms with Gasteiger partial charge in [-0.15, -0.1) is 10.2 Å². The van der Waals surface area contributed by atoms with Crippen molar-refractivity contribution >= 4 is 55.0 Å². The van der Waals surface area contributed by atoms with Crippen molar-refractivity contribution in [2.75, 3.05) is 31.1 Å². The number of hydrogen-bond donors (Lipinski definition) is 1. The molecule has 196 valence electrons. The molecule has 2 N–H and O–H groups in total. The SMILES string of the molecule is CC(C)(C)C(=O)N1CCN(c2ncnc3c2c2ccc(S(N)(=O)=O)cc2n3-c2nnc(C(F)F)s2)CC1. The average Bonchev–Trinajstić information content (AvgIpc) is 3.45. The monoisotopic (exact) mass is 550 g/mol. The summed E-state index contributed by atoms with van der Waals surface area (Å²) in [6.45, 7) is 7.69. The number of anilines is 1.